The largest absolute Gasteiger partial charge is 0.491 e. The van der Waals surface area contributed by atoms with E-state index in [1.165, 1.54) is 24.3 Å². The van der Waals surface area contributed by atoms with Crippen LogP contribution in [0.15, 0.2) is 36.9 Å². The summed E-state index contributed by atoms with van der Waals surface area (Å²) in [7, 11) is 0. The third-order valence-electron chi connectivity index (χ3n) is 7.73. The van der Waals surface area contributed by atoms with Crippen molar-refractivity contribution >= 4 is 0 Å². The molecule has 1 saturated heterocycles. The first-order valence-corrected chi connectivity index (χ1v) is 12.8. The molecule has 2 nitrogen and oxygen atoms in total. The molecule has 0 bridgehead atoms. The molecule has 1 heterocycles. The van der Waals surface area contributed by atoms with Crippen LogP contribution in [0.2, 0.25) is 0 Å². The molecule has 1 aliphatic carbocycles. The highest BCUT2D eigenvalue weighted by Gasteiger charge is 2.33. The second kappa shape index (κ2) is 11.6. The van der Waals surface area contributed by atoms with E-state index in [2.05, 4.69) is 6.58 Å². The lowest BCUT2D eigenvalue weighted by Gasteiger charge is -2.38. The van der Waals surface area contributed by atoms with E-state index in [4.69, 9.17) is 9.47 Å². The van der Waals surface area contributed by atoms with Crippen molar-refractivity contribution in [3.8, 4) is 16.9 Å². The summed E-state index contributed by atoms with van der Waals surface area (Å²) < 4.78 is 70.1. The van der Waals surface area contributed by atoms with Crippen LogP contribution in [0.3, 0.4) is 0 Å². The van der Waals surface area contributed by atoms with Crippen molar-refractivity contribution in [1.29, 1.82) is 0 Å². The van der Waals surface area contributed by atoms with Gasteiger partial charge in [-0.15, -0.1) is 6.58 Å². The molecule has 6 heteroatoms. The maximum atomic E-state index is 15.1. The van der Waals surface area contributed by atoms with Crippen molar-refractivity contribution in [2.24, 2.45) is 11.8 Å². The second-order valence-corrected chi connectivity index (χ2v) is 9.77. The molecular formula is C29H34F4O2. The van der Waals surface area contributed by atoms with E-state index in [1.807, 2.05) is 6.08 Å². The zero-order chi connectivity index (χ0) is 24.9. The summed E-state index contributed by atoms with van der Waals surface area (Å²) in [5.41, 5.74) is -0.285. The smallest absolute Gasteiger partial charge is 0.201 e. The Morgan fingerprint density at radius 2 is 1.51 bits per heavy atom. The van der Waals surface area contributed by atoms with Crippen LogP contribution < -0.4 is 4.74 Å². The molecule has 190 valence electrons. The summed E-state index contributed by atoms with van der Waals surface area (Å²) in [5.74, 6) is -3.82. The van der Waals surface area contributed by atoms with Crippen molar-refractivity contribution in [3.63, 3.8) is 0 Å². The molecule has 0 aromatic heterocycles. The Hall–Kier alpha value is -2.34. The molecule has 2 aromatic carbocycles. The van der Waals surface area contributed by atoms with Gasteiger partial charge in [-0.2, -0.15) is 4.39 Å². The van der Waals surface area contributed by atoms with Gasteiger partial charge in [0.2, 0.25) is 5.82 Å². The van der Waals surface area contributed by atoms with Gasteiger partial charge in [-0.05, 0) is 93.7 Å². The van der Waals surface area contributed by atoms with Crippen LogP contribution in [0, 0.1) is 35.1 Å². The number of allylic oxidation sites excluding steroid dienone is 1. The Balaban J connectivity index is 1.41. The molecule has 2 unspecified atom stereocenters. The summed E-state index contributed by atoms with van der Waals surface area (Å²) in [5, 5.41) is 0. The third kappa shape index (κ3) is 5.58. The van der Waals surface area contributed by atoms with Gasteiger partial charge in [0.05, 0.1) is 19.3 Å². The highest BCUT2D eigenvalue weighted by Crippen LogP contribution is 2.43. The van der Waals surface area contributed by atoms with Gasteiger partial charge in [0.25, 0.3) is 0 Å². The molecule has 0 amide bonds. The quantitative estimate of drug-likeness (QED) is 0.273. The van der Waals surface area contributed by atoms with Crippen LogP contribution in [-0.4, -0.2) is 19.3 Å². The number of benzene rings is 2. The fourth-order valence-corrected chi connectivity index (χ4v) is 5.73. The Bertz CT molecular complexity index is 1020. The fraction of sp³-hybridized carbons (Fsp3) is 0.517. The Kier molecular flexibility index (Phi) is 8.53. The molecule has 0 spiro atoms. The summed E-state index contributed by atoms with van der Waals surface area (Å²) in [6, 6.07) is 5.34. The summed E-state index contributed by atoms with van der Waals surface area (Å²) in [6.07, 6.45) is 9.95. The van der Waals surface area contributed by atoms with Crippen molar-refractivity contribution in [2.75, 3.05) is 13.2 Å². The minimum Gasteiger partial charge on any atom is -0.491 e. The van der Waals surface area contributed by atoms with E-state index in [-0.39, 0.29) is 29.4 Å². The zero-order valence-corrected chi connectivity index (χ0v) is 20.3. The van der Waals surface area contributed by atoms with Gasteiger partial charge in [0.15, 0.2) is 23.2 Å². The molecule has 0 radical (unpaired) electrons. The van der Waals surface area contributed by atoms with Crippen LogP contribution >= 0.6 is 0 Å². The molecule has 4 rings (SSSR count). The predicted octanol–water partition coefficient (Wildman–Crippen LogP) is 8.34. The van der Waals surface area contributed by atoms with Gasteiger partial charge in [0.1, 0.15) is 0 Å². The number of hydrogen-bond acceptors (Lipinski definition) is 2. The van der Waals surface area contributed by atoms with Crippen molar-refractivity contribution in [1.82, 2.24) is 0 Å². The third-order valence-corrected chi connectivity index (χ3v) is 7.73. The van der Waals surface area contributed by atoms with Crippen molar-refractivity contribution in [2.45, 2.75) is 70.3 Å². The highest BCUT2D eigenvalue weighted by atomic mass is 19.2. The standard InChI is InChI=1S/C29H34F4O2/c1-3-5-6-21-12-11-20(17-35-21)18-7-9-19(10-8-18)22-13-14-23(27(31)26(22)30)24-15-16-25(34-4-2)29(33)28(24)32/h3,13-16,18-21H,1,4-12,17H2,2H3. The van der Waals surface area contributed by atoms with E-state index in [9.17, 15) is 8.78 Å². The molecule has 35 heavy (non-hydrogen) atoms. The maximum Gasteiger partial charge on any atom is 0.201 e. The predicted molar refractivity (Wildman–Crippen MR) is 129 cm³/mol. The number of halogens is 4. The first-order valence-electron chi connectivity index (χ1n) is 12.8. The lowest BCUT2D eigenvalue weighted by molar-refractivity contribution is -0.0402. The fourth-order valence-electron chi connectivity index (χ4n) is 5.73. The van der Waals surface area contributed by atoms with Crippen molar-refractivity contribution in [3.05, 3.63) is 65.8 Å². The first-order chi connectivity index (χ1) is 16.9. The van der Waals surface area contributed by atoms with Gasteiger partial charge in [-0.25, -0.2) is 13.2 Å². The Morgan fingerprint density at radius 1 is 0.857 bits per heavy atom. The van der Waals surface area contributed by atoms with Crippen LogP contribution in [0.4, 0.5) is 17.6 Å². The molecule has 2 aromatic rings. The monoisotopic (exact) mass is 490 g/mol. The van der Waals surface area contributed by atoms with Crippen LogP contribution in [0.5, 0.6) is 5.75 Å². The summed E-state index contributed by atoms with van der Waals surface area (Å²) in [6.45, 7) is 6.36. The first kappa shape index (κ1) is 25.7. The van der Waals surface area contributed by atoms with Gasteiger partial charge >= 0.3 is 0 Å². The van der Waals surface area contributed by atoms with Crippen LogP contribution in [-0.2, 0) is 4.74 Å². The zero-order valence-electron chi connectivity index (χ0n) is 20.3. The van der Waals surface area contributed by atoms with Crippen molar-refractivity contribution < 1.29 is 27.0 Å². The highest BCUT2D eigenvalue weighted by molar-refractivity contribution is 5.66. The van der Waals surface area contributed by atoms with Gasteiger partial charge < -0.3 is 9.47 Å². The van der Waals surface area contributed by atoms with E-state index in [0.717, 1.165) is 58.0 Å². The Labute approximate surface area is 205 Å². The number of rotatable bonds is 8. The lowest BCUT2D eigenvalue weighted by Crippen LogP contribution is -2.32. The maximum absolute atomic E-state index is 15.1. The molecule has 1 saturated carbocycles. The van der Waals surface area contributed by atoms with E-state index in [0.29, 0.717) is 23.5 Å². The normalized spacial score (nSPS) is 24.8. The average Bonchev–Trinajstić information content (AvgIpc) is 2.88. The van der Waals surface area contributed by atoms with E-state index >= 15 is 8.78 Å². The van der Waals surface area contributed by atoms with Gasteiger partial charge in [0, 0.05) is 11.1 Å². The lowest BCUT2D eigenvalue weighted by atomic mass is 9.72. The molecule has 2 aliphatic rings. The average molecular weight is 491 g/mol. The second-order valence-electron chi connectivity index (χ2n) is 9.77. The van der Waals surface area contributed by atoms with Gasteiger partial charge in [-0.1, -0.05) is 18.2 Å². The van der Waals surface area contributed by atoms with E-state index < -0.39 is 23.3 Å². The van der Waals surface area contributed by atoms with Crippen LogP contribution in [0.1, 0.15) is 69.8 Å². The van der Waals surface area contributed by atoms with Crippen LogP contribution in [0.25, 0.3) is 11.1 Å². The molecule has 2 fully saturated rings. The summed E-state index contributed by atoms with van der Waals surface area (Å²) >= 11 is 0. The molecule has 2 atom stereocenters. The molecule has 0 N–H and O–H groups in total. The summed E-state index contributed by atoms with van der Waals surface area (Å²) in [4.78, 5) is 0. The van der Waals surface area contributed by atoms with Gasteiger partial charge in [-0.3, -0.25) is 0 Å². The molecular weight excluding hydrogens is 456 g/mol. The van der Waals surface area contributed by atoms with E-state index in [1.54, 1.807) is 6.92 Å². The number of ether oxygens (including phenoxy) is 2. The minimum atomic E-state index is -1.25. The minimum absolute atomic E-state index is 0.0819. The SMILES string of the molecule is C=CCCC1CCC(C2CCC(c3ccc(-c4ccc(OCC)c(F)c4F)c(F)c3F)CC2)CO1. The molecule has 1 aliphatic heterocycles. The Morgan fingerprint density at radius 3 is 2.14 bits per heavy atom. The topological polar surface area (TPSA) is 18.5 Å². The number of hydrogen-bond donors (Lipinski definition) is 0.